The summed E-state index contributed by atoms with van der Waals surface area (Å²) in [5, 5.41) is 2.44. The summed E-state index contributed by atoms with van der Waals surface area (Å²) >= 11 is 0. The van der Waals surface area contributed by atoms with Gasteiger partial charge in [-0.15, -0.1) is 0 Å². The number of benzene rings is 2. The molecular weight excluding hydrogens is 328 g/mol. The fraction of sp³-hybridized carbons (Fsp3) is 0.158. The van der Waals surface area contributed by atoms with E-state index in [-0.39, 0.29) is 0 Å². The van der Waals surface area contributed by atoms with E-state index in [4.69, 9.17) is 0 Å². The third-order valence-corrected chi connectivity index (χ3v) is 3.82. The maximum absolute atomic E-state index is 13.6. The monoisotopic (exact) mass is 345 g/mol. The van der Waals surface area contributed by atoms with Crippen LogP contribution in [0, 0.1) is 11.6 Å². The summed E-state index contributed by atoms with van der Waals surface area (Å²) in [6.07, 6.45) is 0. The lowest BCUT2D eigenvalue weighted by Crippen LogP contribution is -2.15. The van der Waals surface area contributed by atoms with Gasteiger partial charge in [-0.2, -0.15) is 0 Å². The largest absolute Gasteiger partial charge is 0.466 e. The van der Waals surface area contributed by atoms with Gasteiger partial charge in [-0.25, -0.2) is 13.6 Å². The van der Waals surface area contributed by atoms with Gasteiger partial charge in [0, 0.05) is 11.3 Å². The zero-order valence-corrected chi connectivity index (χ0v) is 14.0. The highest BCUT2D eigenvalue weighted by atomic mass is 19.1. The molecule has 1 amide bonds. The first-order chi connectivity index (χ1) is 11.8. The Balaban J connectivity index is 2.21. The van der Waals surface area contributed by atoms with E-state index >= 15 is 0 Å². The second-order valence-electron chi connectivity index (χ2n) is 5.37. The van der Waals surface area contributed by atoms with Crippen molar-refractivity contribution in [2.45, 2.75) is 13.8 Å². The number of allylic oxidation sites excluding steroid dienone is 1. The van der Waals surface area contributed by atoms with Gasteiger partial charge in [0.1, 0.15) is 17.2 Å². The first-order valence-electron chi connectivity index (χ1n) is 7.46. The van der Waals surface area contributed by atoms with Gasteiger partial charge in [0.25, 0.3) is 5.91 Å². The van der Waals surface area contributed by atoms with Crippen LogP contribution < -0.4 is 5.32 Å². The molecule has 2 aromatic rings. The number of anilines is 1. The molecule has 25 heavy (non-hydrogen) atoms. The van der Waals surface area contributed by atoms with Gasteiger partial charge < -0.3 is 10.1 Å². The molecule has 2 rings (SSSR count). The Morgan fingerprint density at radius 1 is 0.960 bits per heavy atom. The van der Waals surface area contributed by atoms with Crippen LogP contribution in [-0.4, -0.2) is 19.0 Å². The van der Waals surface area contributed by atoms with Crippen molar-refractivity contribution in [3.8, 4) is 0 Å². The number of esters is 1. The molecule has 0 radical (unpaired) electrons. The first-order valence-corrected chi connectivity index (χ1v) is 7.46. The Hall–Kier alpha value is -3.02. The Bertz CT molecular complexity index is 822. The summed E-state index contributed by atoms with van der Waals surface area (Å²) < 4.78 is 31.9. The molecule has 0 bridgehead atoms. The van der Waals surface area contributed by atoms with Crippen LogP contribution in [0.3, 0.4) is 0 Å². The molecule has 4 nitrogen and oxygen atoms in total. The van der Waals surface area contributed by atoms with Gasteiger partial charge >= 0.3 is 5.97 Å². The van der Waals surface area contributed by atoms with Crippen molar-refractivity contribution < 1.29 is 23.1 Å². The van der Waals surface area contributed by atoms with Crippen LogP contribution in [0.2, 0.25) is 0 Å². The third kappa shape index (κ3) is 4.09. The van der Waals surface area contributed by atoms with E-state index in [9.17, 15) is 18.4 Å². The summed E-state index contributed by atoms with van der Waals surface area (Å²) in [5.41, 5.74) is 1.69. The van der Waals surface area contributed by atoms with Crippen LogP contribution in [0.4, 0.5) is 14.5 Å². The average molecular weight is 345 g/mol. The van der Waals surface area contributed by atoms with Crippen molar-refractivity contribution in [3.63, 3.8) is 0 Å². The number of methoxy groups -OCH3 is 1. The Kier molecular flexibility index (Phi) is 5.64. The highest BCUT2D eigenvalue weighted by molar-refractivity contribution is 6.04. The molecule has 0 fully saturated rings. The highest BCUT2D eigenvalue weighted by Gasteiger charge is 2.17. The summed E-state index contributed by atoms with van der Waals surface area (Å²) in [7, 11) is 1.31. The molecule has 2 aromatic carbocycles. The lowest BCUT2D eigenvalue weighted by molar-refractivity contribution is -0.135. The van der Waals surface area contributed by atoms with Crippen LogP contribution in [-0.2, 0) is 9.53 Å². The summed E-state index contributed by atoms with van der Waals surface area (Å²) in [4.78, 5) is 23.6. The summed E-state index contributed by atoms with van der Waals surface area (Å²) in [6, 6.07) is 9.77. The fourth-order valence-corrected chi connectivity index (χ4v) is 2.23. The van der Waals surface area contributed by atoms with Gasteiger partial charge in [0.05, 0.1) is 7.11 Å². The SMILES string of the molecule is COC(=O)C(C)=C(C)c1ccc(NC(=O)c2c(F)cccc2F)cc1. The van der Waals surface area contributed by atoms with Crippen molar-refractivity contribution in [1.82, 2.24) is 0 Å². The lowest BCUT2D eigenvalue weighted by atomic mass is 10.0. The number of ether oxygens (including phenoxy) is 1. The quantitative estimate of drug-likeness (QED) is 0.668. The van der Waals surface area contributed by atoms with Crippen molar-refractivity contribution in [1.29, 1.82) is 0 Å². The molecule has 1 N–H and O–H groups in total. The van der Waals surface area contributed by atoms with Gasteiger partial charge in [-0.3, -0.25) is 4.79 Å². The van der Waals surface area contributed by atoms with Crippen molar-refractivity contribution in [2.75, 3.05) is 12.4 Å². The second-order valence-corrected chi connectivity index (χ2v) is 5.37. The minimum absolute atomic E-state index is 0.375. The molecule has 0 heterocycles. The zero-order valence-electron chi connectivity index (χ0n) is 14.0. The number of nitrogens with one attached hydrogen (secondary N) is 1. The van der Waals surface area contributed by atoms with Crippen LogP contribution in [0.5, 0.6) is 0 Å². The van der Waals surface area contributed by atoms with E-state index < -0.39 is 29.1 Å². The minimum Gasteiger partial charge on any atom is -0.466 e. The number of carbonyl (C=O) groups excluding carboxylic acids is 2. The molecule has 0 saturated heterocycles. The van der Waals surface area contributed by atoms with Gasteiger partial charge in [-0.05, 0) is 49.2 Å². The number of amides is 1. The maximum atomic E-state index is 13.6. The molecule has 6 heteroatoms. The predicted molar refractivity (Wildman–Crippen MR) is 91.0 cm³/mol. The van der Waals surface area contributed by atoms with E-state index in [0.29, 0.717) is 11.3 Å². The molecule has 0 atom stereocenters. The Morgan fingerprint density at radius 3 is 2.04 bits per heavy atom. The molecule has 0 aromatic heterocycles. The van der Waals surface area contributed by atoms with Crippen molar-refractivity contribution >= 4 is 23.1 Å². The van der Waals surface area contributed by atoms with Gasteiger partial charge in [0.2, 0.25) is 0 Å². The number of hydrogen-bond acceptors (Lipinski definition) is 3. The van der Waals surface area contributed by atoms with Gasteiger partial charge in [-0.1, -0.05) is 18.2 Å². The van der Waals surface area contributed by atoms with E-state index in [1.165, 1.54) is 13.2 Å². The number of hydrogen-bond donors (Lipinski definition) is 1. The molecule has 0 spiro atoms. The Morgan fingerprint density at radius 2 is 1.52 bits per heavy atom. The molecule has 130 valence electrons. The zero-order chi connectivity index (χ0) is 18.6. The molecule has 0 aliphatic heterocycles. The van der Waals surface area contributed by atoms with E-state index in [0.717, 1.165) is 23.3 Å². The van der Waals surface area contributed by atoms with Crippen LogP contribution >= 0.6 is 0 Å². The fourth-order valence-electron chi connectivity index (χ4n) is 2.23. The third-order valence-electron chi connectivity index (χ3n) is 3.82. The van der Waals surface area contributed by atoms with E-state index in [1.54, 1.807) is 38.1 Å². The molecular formula is C19H17F2NO3. The minimum atomic E-state index is -0.929. The maximum Gasteiger partial charge on any atom is 0.333 e. The molecule has 0 aliphatic carbocycles. The number of carbonyl (C=O) groups is 2. The summed E-state index contributed by atoms with van der Waals surface area (Å²) in [6.45, 7) is 3.42. The lowest BCUT2D eigenvalue weighted by Gasteiger charge is -2.10. The smallest absolute Gasteiger partial charge is 0.333 e. The standard InChI is InChI=1S/C19H17F2NO3/c1-11(12(2)19(24)25-3)13-7-9-14(10-8-13)22-18(23)17-15(20)5-4-6-16(17)21/h4-10H,1-3H3,(H,22,23). The number of halogens is 2. The number of rotatable bonds is 4. The first kappa shape index (κ1) is 18.3. The topological polar surface area (TPSA) is 55.4 Å². The van der Waals surface area contributed by atoms with Crippen molar-refractivity contribution in [3.05, 3.63) is 70.8 Å². The highest BCUT2D eigenvalue weighted by Crippen LogP contribution is 2.22. The van der Waals surface area contributed by atoms with E-state index in [2.05, 4.69) is 10.1 Å². The molecule has 0 saturated carbocycles. The molecule has 0 aliphatic rings. The van der Waals surface area contributed by atoms with Crippen LogP contribution in [0.15, 0.2) is 48.0 Å². The molecule has 0 unspecified atom stereocenters. The normalized spacial score (nSPS) is 11.6. The average Bonchev–Trinajstić information content (AvgIpc) is 2.60. The Labute approximate surface area is 144 Å². The van der Waals surface area contributed by atoms with E-state index in [1.807, 2.05) is 0 Å². The summed E-state index contributed by atoms with van der Waals surface area (Å²) in [5.74, 6) is -3.16. The van der Waals surface area contributed by atoms with Crippen molar-refractivity contribution in [2.24, 2.45) is 0 Å². The predicted octanol–water partition coefficient (Wildman–Crippen LogP) is 4.18. The van der Waals surface area contributed by atoms with Gasteiger partial charge in [0.15, 0.2) is 0 Å². The van der Waals surface area contributed by atoms with Crippen LogP contribution in [0.25, 0.3) is 5.57 Å². The van der Waals surface area contributed by atoms with Crippen LogP contribution in [0.1, 0.15) is 29.8 Å². The second kappa shape index (κ2) is 7.70.